The Labute approximate surface area is 184 Å². The van der Waals surface area contributed by atoms with Gasteiger partial charge in [-0.2, -0.15) is 0 Å². The molecule has 1 aliphatic heterocycles. The number of para-hydroxylation sites is 1. The maximum Gasteiger partial charge on any atom is 0.329 e. The second-order valence-corrected chi connectivity index (χ2v) is 8.71. The van der Waals surface area contributed by atoms with E-state index in [-0.39, 0.29) is 18.0 Å². The normalized spacial score (nSPS) is 17.1. The van der Waals surface area contributed by atoms with Crippen LogP contribution in [0.15, 0.2) is 52.1 Å². The molecule has 1 amide bonds. The van der Waals surface area contributed by atoms with Crippen LogP contribution >= 0.6 is 0 Å². The summed E-state index contributed by atoms with van der Waals surface area (Å²) in [5, 5.41) is 0.398. The average molecular weight is 436 g/mol. The number of amides is 1. The van der Waals surface area contributed by atoms with Crippen LogP contribution in [0.2, 0.25) is 0 Å². The largest absolute Gasteiger partial charge is 0.336 e. The quantitative estimate of drug-likeness (QED) is 0.664. The molecule has 2 aromatic carbocycles. The topological polar surface area (TPSA) is 78.4 Å². The molecule has 7 nitrogen and oxygen atoms in total. The lowest BCUT2D eigenvalue weighted by Gasteiger charge is -2.35. The number of nitrogens with one attached hydrogen (secondary N) is 1. The van der Waals surface area contributed by atoms with E-state index in [9.17, 15) is 18.8 Å². The number of aromatic nitrogens is 2. The van der Waals surface area contributed by atoms with E-state index in [1.165, 1.54) is 29.5 Å². The fourth-order valence-electron chi connectivity index (χ4n) is 4.39. The van der Waals surface area contributed by atoms with Gasteiger partial charge in [-0.15, -0.1) is 0 Å². The maximum absolute atomic E-state index is 14.6. The van der Waals surface area contributed by atoms with Gasteiger partial charge in [-0.25, -0.2) is 9.18 Å². The van der Waals surface area contributed by atoms with Gasteiger partial charge >= 0.3 is 5.69 Å². The molecule has 2 heterocycles. The van der Waals surface area contributed by atoms with Gasteiger partial charge in [0.15, 0.2) is 0 Å². The Morgan fingerprint density at radius 3 is 2.53 bits per heavy atom. The van der Waals surface area contributed by atoms with E-state index in [1.807, 2.05) is 0 Å². The highest BCUT2D eigenvalue weighted by Gasteiger charge is 2.28. The number of carbonyl (C=O) groups is 1. The van der Waals surface area contributed by atoms with Gasteiger partial charge in [-0.05, 0) is 48.6 Å². The zero-order valence-electron chi connectivity index (χ0n) is 17.7. The molecule has 1 saturated carbocycles. The number of carbonyl (C=O) groups excluding carboxylic acids is 1. The lowest BCUT2D eigenvalue weighted by Crippen LogP contribution is -2.49. The summed E-state index contributed by atoms with van der Waals surface area (Å²) in [6.07, 6.45) is 2.59. The molecule has 1 aromatic heterocycles. The van der Waals surface area contributed by atoms with Crippen molar-refractivity contribution >= 4 is 16.8 Å². The molecule has 1 N–H and O–H groups in total. The summed E-state index contributed by atoms with van der Waals surface area (Å²) < 4.78 is 16.0. The van der Waals surface area contributed by atoms with Crippen molar-refractivity contribution < 1.29 is 9.18 Å². The molecule has 0 radical (unpaired) electrons. The van der Waals surface area contributed by atoms with Gasteiger partial charge in [0, 0.05) is 32.7 Å². The highest BCUT2D eigenvalue weighted by molar-refractivity contribution is 5.94. The molecule has 5 rings (SSSR count). The van der Waals surface area contributed by atoms with E-state index >= 15 is 0 Å². The molecule has 0 bridgehead atoms. The Hall–Kier alpha value is -3.26. The van der Waals surface area contributed by atoms with Crippen molar-refractivity contribution in [3.8, 4) is 0 Å². The zero-order valence-corrected chi connectivity index (χ0v) is 17.7. The molecule has 1 aliphatic carbocycles. The number of hydrogen-bond donors (Lipinski definition) is 1. The molecule has 2 fully saturated rings. The van der Waals surface area contributed by atoms with Gasteiger partial charge in [-0.1, -0.05) is 18.2 Å². The lowest BCUT2D eigenvalue weighted by atomic mass is 10.1. The first kappa shape index (κ1) is 20.6. The Balaban J connectivity index is 1.38. The number of H-pyrrole nitrogens is 1. The van der Waals surface area contributed by atoms with Crippen LogP contribution < -0.4 is 11.2 Å². The van der Waals surface area contributed by atoms with E-state index < -0.39 is 17.1 Å². The lowest BCUT2D eigenvalue weighted by molar-refractivity contribution is 0.0627. The Bertz CT molecular complexity index is 1290. The fourth-order valence-corrected chi connectivity index (χ4v) is 4.39. The van der Waals surface area contributed by atoms with Gasteiger partial charge in [0.2, 0.25) is 0 Å². The Morgan fingerprint density at radius 2 is 1.78 bits per heavy atom. The molecule has 0 atom stereocenters. The van der Waals surface area contributed by atoms with Crippen molar-refractivity contribution in [2.75, 3.05) is 32.7 Å². The predicted octanol–water partition coefficient (Wildman–Crippen LogP) is 2.04. The van der Waals surface area contributed by atoms with Gasteiger partial charge < -0.3 is 4.90 Å². The number of fused-ring (bicyclic) bond motifs is 1. The first-order chi connectivity index (χ1) is 15.5. The molecule has 166 valence electrons. The third-order valence-electron chi connectivity index (χ3n) is 6.38. The summed E-state index contributed by atoms with van der Waals surface area (Å²) >= 11 is 0. The van der Waals surface area contributed by atoms with Crippen LogP contribution in [0.3, 0.4) is 0 Å². The van der Waals surface area contributed by atoms with Crippen molar-refractivity contribution in [3.63, 3.8) is 0 Å². The van der Waals surface area contributed by atoms with Gasteiger partial charge in [0.1, 0.15) is 5.82 Å². The minimum atomic E-state index is -0.571. The van der Waals surface area contributed by atoms with Crippen LogP contribution in [0.4, 0.5) is 4.39 Å². The van der Waals surface area contributed by atoms with Crippen molar-refractivity contribution in [2.45, 2.75) is 19.4 Å². The number of aromatic amines is 1. The highest BCUT2D eigenvalue weighted by Crippen LogP contribution is 2.30. The first-order valence-corrected chi connectivity index (χ1v) is 11.0. The van der Waals surface area contributed by atoms with Crippen LogP contribution in [-0.2, 0) is 6.54 Å². The van der Waals surface area contributed by atoms with Gasteiger partial charge in [0.05, 0.1) is 23.0 Å². The zero-order chi connectivity index (χ0) is 22.2. The van der Waals surface area contributed by atoms with E-state index in [4.69, 9.17) is 0 Å². The summed E-state index contributed by atoms with van der Waals surface area (Å²) in [7, 11) is 0. The molecule has 32 heavy (non-hydrogen) atoms. The number of piperazine rings is 1. The molecule has 0 unspecified atom stereocenters. The van der Waals surface area contributed by atoms with Crippen LogP contribution in [0, 0.1) is 11.7 Å². The molecule has 8 heteroatoms. The monoisotopic (exact) mass is 436 g/mol. The average Bonchev–Trinajstić information content (AvgIpc) is 3.62. The summed E-state index contributed by atoms with van der Waals surface area (Å²) in [6, 6.07) is 11.2. The van der Waals surface area contributed by atoms with E-state index in [2.05, 4.69) is 9.88 Å². The Kier molecular flexibility index (Phi) is 5.38. The third-order valence-corrected chi connectivity index (χ3v) is 6.38. The SMILES string of the molecule is O=C(c1cc(Cn2c(=O)[nH]c(=O)c3ccccc32)ccc1F)N1CCN(CC2CC2)CC1. The van der Waals surface area contributed by atoms with Gasteiger partial charge in [-0.3, -0.25) is 24.0 Å². The molecule has 0 spiro atoms. The van der Waals surface area contributed by atoms with Crippen molar-refractivity contribution in [1.82, 2.24) is 19.4 Å². The van der Waals surface area contributed by atoms with Crippen LogP contribution in [-0.4, -0.2) is 58.0 Å². The van der Waals surface area contributed by atoms with Crippen LogP contribution in [0.5, 0.6) is 0 Å². The Morgan fingerprint density at radius 1 is 1.03 bits per heavy atom. The smallest absolute Gasteiger partial charge is 0.329 e. The van der Waals surface area contributed by atoms with E-state index in [0.29, 0.717) is 29.6 Å². The summed E-state index contributed by atoms with van der Waals surface area (Å²) in [6.45, 7) is 3.99. The van der Waals surface area contributed by atoms with E-state index in [1.54, 1.807) is 35.2 Å². The summed E-state index contributed by atoms with van der Waals surface area (Å²) in [5.74, 6) is -0.0919. The minimum Gasteiger partial charge on any atom is -0.336 e. The van der Waals surface area contributed by atoms with E-state index in [0.717, 1.165) is 25.6 Å². The number of rotatable bonds is 5. The molecule has 1 saturated heterocycles. The molecular formula is C24H25FN4O3. The second kappa shape index (κ2) is 8.35. The minimum absolute atomic E-state index is 0.0138. The number of nitrogens with zero attached hydrogens (tertiary/aromatic N) is 3. The number of halogens is 1. The standard InChI is InChI=1S/C24H25FN4O3/c25-20-8-7-17(15-29-21-4-2-1-3-18(21)22(30)26-24(29)32)13-19(20)23(31)28-11-9-27(10-12-28)14-16-5-6-16/h1-4,7-8,13,16H,5-6,9-12,14-15H2,(H,26,30,32). The molecular weight excluding hydrogens is 411 g/mol. The van der Waals surface area contributed by atoms with Crippen LogP contribution in [0.25, 0.3) is 10.9 Å². The second-order valence-electron chi connectivity index (χ2n) is 8.71. The maximum atomic E-state index is 14.6. The molecule has 3 aromatic rings. The molecule has 2 aliphatic rings. The van der Waals surface area contributed by atoms with Crippen LogP contribution in [0.1, 0.15) is 28.8 Å². The fraction of sp³-hybridized carbons (Fsp3) is 0.375. The highest BCUT2D eigenvalue weighted by atomic mass is 19.1. The van der Waals surface area contributed by atoms with Crippen molar-refractivity contribution in [1.29, 1.82) is 0 Å². The third kappa shape index (κ3) is 4.10. The predicted molar refractivity (Wildman–Crippen MR) is 119 cm³/mol. The number of hydrogen-bond acceptors (Lipinski definition) is 4. The van der Waals surface area contributed by atoms with Crippen molar-refractivity contribution in [3.05, 3.63) is 80.2 Å². The summed E-state index contributed by atoms with van der Waals surface area (Å²) in [4.78, 5) is 44.0. The van der Waals surface area contributed by atoms with Gasteiger partial charge in [0.25, 0.3) is 11.5 Å². The number of benzene rings is 2. The summed E-state index contributed by atoms with van der Waals surface area (Å²) in [5.41, 5.74) is 0.127. The first-order valence-electron chi connectivity index (χ1n) is 11.0. The van der Waals surface area contributed by atoms with Crippen molar-refractivity contribution in [2.24, 2.45) is 5.92 Å².